The number of nitriles is 2. The van der Waals surface area contributed by atoms with Crippen molar-refractivity contribution in [1.29, 1.82) is 10.5 Å². The molecule has 1 aliphatic rings. The molecule has 500 valence electrons. The average Bonchev–Trinajstić information content (AvgIpc) is 1.58. The van der Waals surface area contributed by atoms with Crippen LogP contribution in [0.3, 0.4) is 0 Å². The van der Waals surface area contributed by atoms with Crippen molar-refractivity contribution in [2.75, 3.05) is 0 Å². The summed E-state index contributed by atoms with van der Waals surface area (Å²) in [5.41, 5.74) is -18.4. The van der Waals surface area contributed by atoms with Crippen molar-refractivity contribution in [2.24, 2.45) is 0 Å². The van der Waals surface area contributed by atoms with Gasteiger partial charge in [0.25, 0.3) is 0 Å². The van der Waals surface area contributed by atoms with Crippen molar-refractivity contribution < 1.29 is 105 Å². The number of aromatic nitrogens is 2. The molecule has 9 aromatic carbocycles. The highest BCUT2D eigenvalue weighted by Crippen LogP contribution is 2.49. The molecule has 12 rings (SSSR count). The molecule has 4 nitrogen and oxygen atoms in total. The number of nitrogens with zero attached hydrogens (tertiary/aromatic N) is 4. The van der Waals surface area contributed by atoms with Crippen molar-refractivity contribution in [2.45, 2.75) is 61.7 Å². The normalized spacial score (nSPS) is 14.3. The summed E-state index contributed by atoms with van der Waals surface area (Å²) in [7, 11) is 0. The fourth-order valence-electron chi connectivity index (χ4n) is 12.1. The topological polar surface area (TPSA) is 57.4 Å². The summed E-state index contributed by atoms with van der Waals surface area (Å²) < 4.78 is 346. The number of hydrogen-bond donors (Lipinski definition) is 0. The molecule has 11 aromatic rings. The second-order valence-corrected chi connectivity index (χ2v) is 22.8. The number of hydrogen-bond acceptors (Lipinski definition) is 2. The zero-order valence-corrected chi connectivity index (χ0v) is 48.4. The van der Waals surface area contributed by atoms with Gasteiger partial charge in [0.15, 0.2) is 0 Å². The van der Waals surface area contributed by atoms with Gasteiger partial charge in [-0.3, -0.25) is 0 Å². The highest BCUT2D eigenvalue weighted by Gasteiger charge is 2.42. The van der Waals surface area contributed by atoms with E-state index in [4.69, 9.17) is 0 Å². The first-order chi connectivity index (χ1) is 45.5. The summed E-state index contributed by atoms with van der Waals surface area (Å²) in [6, 6.07) is 24.7. The van der Waals surface area contributed by atoms with Gasteiger partial charge in [0, 0.05) is 55.8 Å². The Morgan fingerprint density at radius 3 is 0.918 bits per heavy atom. The van der Waals surface area contributed by atoms with Crippen LogP contribution < -0.4 is 0 Å². The number of rotatable bonds is 7. The maximum Gasteiger partial charge on any atom is 0.416 e. The zero-order chi connectivity index (χ0) is 71.1. The Morgan fingerprint density at radius 1 is 0.306 bits per heavy atom. The van der Waals surface area contributed by atoms with Gasteiger partial charge in [-0.05, 0) is 173 Å². The second kappa shape index (κ2) is 23.0. The molecule has 98 heavy (non-hydrogen) atoms. The van der Waals surface area contributed by atoms with Crippen molar-refractivity contribution in [1.82, 2.24) is 9.13 Å². The smallest absolute Gasteiger partial charge is 0.313 e. The van der Waals surface area contributed by atoms with Gasteiger partial charge in [-0.25, -0.2) is 0 Å². The van der Waals surface area contributed by atoms with Gasteiger partial charge < -0.3 is 9.13 Å². The van der Waals surface area contributed by atoms with Crippen LogP contribution >= 0.6 is 0 Å². The van der Waals surface area contributed by atoms with Gasteiger partial charge >= 0.3 is 49.4 Å². The molecule has 0 saturated carbocycles. The predicted molar refractivity (Wildman–Crippen MR) is 311 cm³/mol. The lowest BCUT2D eigenvalue weighted by molar-refractivity contribution is -0.144. The van der Waals surface area contributed by atoms with Crippen LogP contribution in [-0.4, -0.2) is 9.13 Å². The van der Waals surface area contributed by atoms with Crippen molar-refractivity contribution >= 4 is 38.8 Å². The van der Waals surface area contributed by atoms with Crippen molar-refractivity contribution in [3.8, 4) is 68.0 Å². The van der Waals surface area contributed by atoms with Gasteiger partial charge in [-0.15, -0.1) is 0 Å². The summed E-state index contributed by atoms with van der Waals surface area (Å²) in [5.74, 6) is -1.35. The van der Waals surface area contributed by atoms with E-state index < -0.39 is 129 Å². The van der Waals surface area contributed by atoms with Crippen LogP contribution in [0.1, 0.15) is 78.4 Å². The minimum absolute atomic E-state index is 0.0451. The third-order valence-corrected chi connectivity index (χ3v) is 16.6. The molecule has 0 radical (unpaired) electrons. The summed E-state index contributed by atoms with van der Waals surface area (Å²) in [6.45, 7) is 0. The molecule has 0 aliphatic heterocycles. The molecular weight excluding hydrogens is 1350 g/mol. The number of fused-ring (bicyclic) bond motifs is 6. The van der Waals surface area contributed by atoms with Gasteiger partial charge in [-0.2, -0.15) is 116 Å². The fraction of sp³-hybridized carbons (Fsp3) is 0.143. The van der Waals surface area contributed by atoms with E-state index in [2.05, 4.69) is 0 Å². The maximum absolute atomic E-state index is 14.3. The number of benzene rings is 9. The molecule has 0 N–H and O–H groups in total. The summed E-state index contributed by atoms with van der Waals surface area (Å²) in [5, 5.41) is 22.0. The van der Waals surface area contributed by atoms with Crippen molar-refractivity contribution in [3.63, 3.8) is 0 Å². The van der Waals surface area contributed by atoms with E-state index >= 15 is 0 Å². The maximum atomic E-state index is 14.3. The van der Waals surface area contributed by atoms with E-state index in [0.29, 0.717) is 48.5 Å². The predicted octanol–water partition coefficient (Wildman–Crippen LogP) is 23.6. The van der Waals surface area contributed by atoms with Crippen LogP contribution in [0.5, 0.6) is 0 Å². The first-order valence-corrected chi connectivity index (χ1v) is 28.2. The Bertz CT molecular complexity index is 4960. The third kappa shape index (κ3) is 12.6. The van der Waals surface area contributed by atoms with E-state index in [1.807, 2.05) is 12.1 Å². The van der Waals surface area contributed by atoms with E-state index in [1.165, 1.54) is 63.8 Å². The Kier molecular flexibility index (Phi) is 15.8. The zero-order valence-electron chi connectivity index (χ0n) is 48.4. The molecule has 0 bridgehead atoms. The lowest BCUT2D eigenvalue weighted by Gasteiger charge is -2.23. The van der Waals surface area contributed by atoms with Crippen LogP contribution in [0.2, 0.25) is 0 Å². The average molecular weight is 1390 g/mol. The van der Waals surface area contributed by atoms with Gasteiger partial charge in [0.05, 0.1) is 84.3 Å². The highest BCUT2D eigenvalue weighted by atomic mass is 19.4. The van der Waals surface area contributed by atoms with Gasteiger partial charge in [-0.1, -0.05) is 48.6 Å². The highest BCUT2D eigenvalue weighted by molar-refractivity contribution is 6.11. The largest absolute Gasteiger partial charge is 0.416 e. The summed E-state index contributed by atoms with van der Waals surface area (Å²) in [4.78, 5) is 0. The van der Waals surface area contributed by atoms with Crippen LogP contribution in [0.25, 0.3) is 94.7 Å². The molecule has 0 fully saturated rings. The fourth-order valence-corrected chi connectivity index (χ4v) is 12.1. The van der Waals surface area contributed by atoms with E-state index in [1.54, 1.807) is 0 Å². The molecule has 2 aromatic heterocycles. The van der Waals surface area contributed by atoms with Gasteiger partial charge in [0.1, 0.15) is 0 Å². The number of halogens is 24. The van der Waals surface area contributed by atoms with E-state index in [9.17, 15) is 116 Å². The molecule has 1 unspecified atom stereocenters. The van der Waals surface area contributed by atoms with E-state index in [-0.39, 0.29) is 119 Å². The van der Waals surface area contributed by atoms with Crippen LogP contribution in [0.4, 0.5) is 105 Å². The molecule has 28 heteroatoms. The van der Waals surface area contributed by atoms with Crippen LogP contribution in [0.15, 0.2) is 170 Å². The van der Waals surface area contributed by atoms with Crippen LogP contribution in [-0.2, 0) is 55.8 Å². The minimum atomic E-state index is -5.34. The third-order valence-electron chi connectivity index (χ3n) is 16.6. The Hall–Kier alpha value is -10.6. The molecule has 0 amide bonds. The SMILES string of the molecule is N#Cc1ccc(-n2c3c(c4ccc(-c5cc(C(F)(F)F)cc(C(F)(F)F)c5)cc42)C=CC(c2cc(C(F)(F)F)cc(C(F)(F)F)c2)C3)cc1-c1cc(-n2c3cc(-c4cc(C(F)(F)F)cc(C(F)(F)F)c4)ccc3c3ccc(-c4cc(C(F)(F)F)cc(C(F)(F)F)c4)cc32)ccc1C#N. The molecular formula is C70H32F24N4. The molecule has 0 saturated heterocycles. The number of allylic oxidation sites excluding steroid dienone is 1. The monoisotopic (exact) mass is 1380 g/mol. The minimum Gasteiger partial charge on any atom is -0.313 e. The Labute approximate surface area is 534 Å². The van der Waals surface area contributed by atoms with E-state index in [0.717, 1.165) is 48.5 Å². The Morgan fingerprint density at radius 2 is 0.602 bits per heavy atom. The molecule has 1 atom stereocenters. The first kappa shape index (κ1) is 67.3. The standard InChI is InChI=1S/C70H32F24N4/c71-63(72,73)43-13-39(14-44(25-43)64(74,75)76)33-3-9-53-54-10-4-34(40-15-45(65(77,78)79)26-46(16-40)66(80,81)82)22-60(54)97(59(53)21-33)51-7-1-37(31-95)57(29-51)58-30-52(8-2-38(58)32-96)98-61-23-35(41-17-47(67(83,84)85)27-48(18-41)68(86,87)88)5-11-55(61)56-12-6-36(24-62(56)98)42-19-49(69(89,90)91)28-50(20-42)70(92,93)94/h1-23,25-30,36H,24H2. The number of alkyl halides is 24. The second-order valence-electron chi connectivity index (χ2n) is 22.8. The molecule has 1 aliphatic carbocycles. The quantitative estimate of drug-likeness (QED) is 0.149. The first-order valence-electron chi connectivity index (χ1n) is 28.2. The molecule has 0 spiro atoms. The summed E-state index contributed by atoms with van der Waals surface area (Å²) in [6.07, 6.45) is -40.6. The lowest BCUT2D eigenvalue weighted by Crippen LogP contribution is -2.15. The van der Waals surface area contributed by atoms with Crippen LogP contribution in [0, 0.1) is 22.7 Å². The Balaban J connectivity index is 1.11. The lowest BCUT2D eigenvalue weighted by atomic mass is 9.86. The summed E-state index contributed by atoms with van der Waals surface area (Å²) >= 11 is 0. The van der Waals surface area contributed by atoms with Gasteiger partial charge in [0.2, 0.25) is 0 Å². The molecule has 2 heterocycles. The van der Waals surface area contributed by atoms with Crippen molar-refractivity contribution in [3.05, 3.63) is 242 Å².